The maximum Gasteiger partial charge on any atom is 0.244 e. The second-order valence-corrected chi connectivity index (χ2v) is 5.53. The van der Waals surface area contributed by atoms with Crippen molar-refractivity contribution in [3.8, 4) is 23.2 Å². The molecule has 4 rings (SSSR count). The van der Waals surface area contributed by atoms with Crippen LogP contribution in [0, 0.1) is 17.1 Å². The molecule has 0 saturated carbocycles. The first-order valence-corrected chi connectivity index (χ1v) is 7.50. The number of halogens is 1. The number of nitrogens with two attached hydrogens (primary N) is 1. The molecule has 25 heavy (non-hydrogen) atoms. The zero-order valence-corrected chi connectivity index (χ0v) is 12.9. The van der Waals surface area contributed by atoms with E-state index >= 15 is 0 Å². The Morgan fingerprint density at radius 1 is 1.16 bits per heavy atom. The number of hydrogen-bond donors (Lipinski definition) is 2. The van der Waals surface area contributed by atoms with Gasteiger partial charge in [0.15, 0.2) is 0 Å². The predicted octanol–water partition coefficient (Wildman–Crippen LogP) is 2.83. The summed E-state index contributed by atoms with van der Waals surface area (Å²) in [7, 11) is 0. The summed E-state index contributed by atoms with van der Waals surface area (Å²) in [6, 6.07) is 11.8. The van der Waals surface area contributed by atoms with Crippen LogP contribution in [0.5, 0.6) is 5.88 Å². The Kier molecular flexibility index (Phi) is 3.43. The van der Waals surface area contributed by atoms with Crippen LogP contribution in [-0.2, 0) is 0 Å². The maximum absolute atomic E-state index is 13.3. The Morgan fingerprint density at radius 3 is 2.56 bits per heavy atom. The average Bonchev–Trinajstić information content (AvgIpc) is 3.05. The van der Waals surface area contributed by atoms with Crippen LogP contribution in [0.25, 0.3) is 11.3 Å². The number of benzene rings is 1. The standard InChI is InChI=1S/C18H12FN5O/c19-12-3-1-11(2-4-12)16-15-14(10-5-7-22-8-6-10)13(9-20)17(21)25-18(15)24-23-16/h1-8,14H,21H2,(H,23,24)/t14-/m0/s1. The van der Waals surface area contributed by atoms with Gasteiger partial charge in [-0.15, -0.1) is 5.10 Å². The van der Waals surface area contributed by atoms with Crippen molar-refractivity contribution in [2.75, 3.05) is 0 Å². The van der Waals surface area contributed by atoms with Crippen molar-refractivity contribution in [1.82, 2.24) is 15.2 Å². The Balaban J connectivity index is 1.94. The molecule has 7 heteroatoms. The lowest BCUT2D eigenvalue weighted by Gasteiger charge is -2.23. The Hall–Kier alpha value is -3.66. The lowest BCUT2D eigenvalue weighted by atomic mass is 9.83. The van der Waals surface area contributed by atoms with Gasteiger partial charge < -0.3 is 10.5 Å². The minimum atomic E-state index is -0.449. The molecule has 0 fully saturated rings. The summed E-state index contributed by atoms with van der Waals surface area (Å²) in [4.78, 5) is 4.02. The van der Waals surface area contributed by atoms with E-state index in [-0.39, 0.29) is 11.7 Å². The number of nitriles is 1. The third-order valence-corrected chi connectivity index (χ3v) is 4.11. The molecule has 2 aromatic heterocycles. The number of H-pyrrole nitrogens is 1. The SMILES string of the molecule is N#CC1=C(N)Oc2n[nH]c(-c3ccc(F)cc3)c2[C@H]1c1ccncc1. The van der Waals surface area contributed by atoms with Gasteiger partial charge in [0.05, 0.1) is 17.2 Å². The summed E-state index contributed by atoms with van der Waals surface area (Å²) in [6.07, 6.45) is 3.29. The fourth-order valence-corrected chi connectivity index (χ4v) is 2.97. The first kappa shape index (κ1) is 14.9. The van der Waals surface area contributed by atoms with Crippen molar-refractivity contribution >= 4 is 0 Å². The molecule has 1 aliphatic heterocycles. The van der Waals surface area contributed by atoms with Gasteiger partial charge in [0.25, 0.3) is 0 Å². The molecule has 1 aromatic carbocycles. The molecule has 0 bridgehead atoms. The normalized spacial score (nSPS) is 16.1. The van der Waals surface area contributed by atoms with E-state index in [0.717, 1.165) is 11.1 Å². The van der Waals surface area contributed by atoms with Crippen molar-refractivity contribution in [3.63, 3.8) is 0 Å². The van der Waals surface area contributed by atoms with Crippen molar-refractivity contribution < 1.29 is 9.13 Å². The van der Waals surface area contributed by atoms with Crippen molar-refractivity contribution in [2.24, 2.45) is 5.73 Å². The third kappa shape index (κ3) is 2.40. The first-order valence-electron chi connectivity index (χ1n) is 7.50. The average molecular weight is 333 g/mol. The molecule has 0 amide bonds. The van der Waals surface area contributed by atoms with E-state index in [4.69, 9.17) is 10.5 Å². The van der Waals surface area contributed by atoms with Crippen LogP contribution >= 0.6 is 0 Å². The molecule has 0 radical (unpaired) electrons. The van der Waals surface area contributed by atoms with Crippen molar-refractivity contribution in [3.05, 3.63) is 77.2 Å². The molecule has 6 nitrogen and oxygen atoms in total. The number of nitrogens with one attached hydrogen (secondary N) is 1. The highest BCUT2D eigenvalue weighted by atomic mass is 19.1. The Morgan fingerprint density at radius 2 is 1.88 bits per heavy atom. The molecule has 3 N–H and O–H groups in total. The van der Waals surface area contributed by atoms with Crippen molar-refractivity contribution in [2.45, 2.75) is 5.92 Å². The van der Waals surface area contributed by atoms with E-state index in [1.165, 1.54) is 12.1 Å². The number of fused-ring (bicyclic) bond motifs is 1. The fraction of sp³-hybridized carbons (Fsp3) is 0.0556. The summed E-state index contributed by atoms with van der Waals surface area (Å²) in [6.45, 7) is 0. The molecular weight excluding hydrogens is 321 g/mol. The van der Waals surface area contributed by atoms with Gasteiger partial charge in [-0.2, -0.15) is 5.26 Å². The highest BCUT2D eigenvalue weighted by Gasteiger charge is 2.35. The highest BCUT2D eigenvalue weighted by molar-refractivity contribution is 5.70. The second-order valence-electron chi connectivity index (χ2n) is 5.53. The van der Waals surface area contributed by atoms with Crippen LogP contribution in [0.2, 0.25) is 0 Å². The van der Waals surface area contributed by atoms with E-state index in [9.17, 15) is 9.65 Å². The molecule has 122 valence electrons. The van der Waals surface area contributed by atoms with Gasteiger partial charge in [-0.1, -0.05) is 0 Å². The lowest BCUT2D eigenvalue weighted by molar-refractivity contribution is 0.379. The van der Waals surface area contributed by atoms with Crippen LogP contribution in [-0.4, -0.2) is 15.2 Å². The molecule has 0 spiro atoms. The van der Waals surface area contributed by atoms with Gasteiger partial charge in [0.2, 0.25) is 11.8 Å². The smallest absolute Gasteiger partial charge is 0.244 e. The fourth-order valence-electron chi connectivity index (χ4n) is 2.97. The molecular formula is C18H12FN5O. The van der Waals surface area contributed by atoms with Crippen LogP contribution < -0.4 is 10.5 Å². The number of pyridine rings is 1. The zero-order valence-electron chi connectivity index (χ0n) is 12.9. The maximum atomic E-state index is 13.3. The van der Waals surface area contributed by atoms with Crippen LogP contribution in [0.1, 0.15) is 17.0 Å². The zero-order chi connectivity index (χ0) is 17.4. The minimum absolute atomic E-state index is 0.0222. The summed E-state index contributed by atoms with van der Waals surface area (Å²) < 4.78 is 18.8. The Bertz CT molecular complexity index is 1000. The summed E-state index contributed by atoms with van der Waals surface area (Å²) in [5.74, 6) is -0.455. The summed E-state index contributed by atoms with van der Waals surface area (Å²) in [5, 5.41) is 16.7. The molecule has 0 unspecified atom stereocenters. The largest absolute Gasteiger partial charge is 0.420 e. The van der Waals surface area contributed by atoms with Crippen LogP contribution in [0.3, 0.4) is 0 Å². The second kappa shape index (κ2) is 5.76. The lowest BCUT2D eigenvalue weighted by Crippen LogP contribution is -2.21. The van der Waals surface area contributed by atoms with Gasteiger partial charge in [0, 0.05) is 18.0 Å². The minimum Gasteiger partial charge on any atom is -0.420 e. The third-order valence-electron chi connectivity index (χ3n) is 4.11. The van der Waals surface area contributed by atoms with E-state index in [2.05, 4.69) is 21.3 Å². The number of aromatic nitrogens is 3. The summed E-state index contributed by atoms with van der Waals surface area (Å²) in [5.41, 5.74) is 9.11. The first-order chi connectivity index (χ1) is 12.2. The van der Waals surface area contributed by atoms with Crippen molar-refractivity contribution in [1.29, 1.82) is 5.26 Å². The Labute approximate surface area is 142 Å². The molecule has 0 saturated heterocycles. The quantitative estimate of drug-likeness (QED) is 0.751. The van der Waals surface area contributed by atoms with Gasteiger partial charge in [-0.05, 0) is 42.0 Å². The number of nitrogens with zero attached hydrogens (tertiary/aromatic N) is 3. The number of allylic oxidation sites excluding steroid dienone is 1. The molecule has 1 atom stereocenters. The van der Waals surface area contributed by atoms with Gasteiger partial charge >= 0.3 is 0 Å². The highest BCUT2D eigenvalue weighted by Crippen LogP contribution is 2.45. The van der Waals surface area contributed by atoms with Gasteiger partial charge in [-0.3, -0.25) is 10.1 Å². The monoisotopic (exact) mass is 333 g/mol. The number of aromatic amines is 1. The molecule has 0 aliphatic carbocycles. The molecule has 3 aromatic rings. The van der Waals surface area contributed by atoms with Gasteiger partial charge in [-0.25, -0.2) is 4.39 Å². The number of ether oxygens (including phenoxy) is 1. The van der Waals surface area contributed by atoms with E-state index < -0.39 is 5.92 Å². The predicted molar refractivity (Wildman–Crippen MR) is 87.5 cm³/mol. The van der Waals surface area contributed by atoms with Crippen LogP contribution in [0.15, 0.2) is 60.2 Å². The van der Waals surface area contributed by atoms with Crippen LogP contribution in [0.4, 0.5) is 4.39 Å². The topological polar surface area (TPSA) is 101 Å². The van der Waals surface area contributed by atoms with Gasteiger partial charge in [0.1, 0.15) is 17.5 Å². The summed E-state index contributed by atoms with van der Waals surface area (Å²) >= 11 is 0. The van der Waals surface area contributed by atoms with E-state index in [1.54, 1.807) is 24.5 Å². The van der Waals surface area contributed by atoms with E-state index in [1.807, 2.05) is 12.1 Å². The molecule has 1 aliphatic rings. The number of hydrogen-bond acceptors (Lipinski definition) is 5. The van der Waals surface area contributed by atoms with E-state index in [0.29, 0.717) is 22.7 Å². The number of rotatable bonds is 2. The molecule has 3 heterocycles.